The number of guanidine groups is 1. The summed E-state index contributed by atoms with van der Waals surface area (Å²) in [5.41, 5.74) is 2.96. The molecule has 1 heterocycles. The van der Waals surface area contributed by atoms with E-state index in [9.17, 15) is 4.79 Å². The number of carbonyl (C=O) groups is 1. The molecular formula is C25H33N7O. The summed E-state index contributed by atoms with van der Waals surface area (Å²) in [7, 11) is 5.46. The maximum atomic E-state index is 12.3. The van der Waals surface area contributed by atoms with Crippen molar-refractivity contribution >= 4 is 11.9 Å². The fraction of sp³-hybridized carbons (Fsp3) is 0.360. The number of rotatable bonds is 8. The summed E-state index contributed by atoms with van der Waals surface area (Å²) in [4.78, 5) is 18.6. The van der Waals surface area contributed by atoms with Gasteiger partial charge < -0.3 is 20.1 Å². The highest BCUT2D eigenvalue weighted by molar-refractivity contribution is 5.94. The fourth-order valence-corrected chi connectivity index (χ4v) is 3.36. The van der Waals surface area contributed by atoms with Crippen LogP contribution in [0.25, 0.3) is 0 Å². The lowest BCUT2D eigenvalue weighted by molar-refractivity contribution is 0.0827. The van der Waals surface area contributed by atoms with Gasteiger partial charge in [0.25, 0.3) is 5.91 Å². The fourth-order valence-electron chi connectivity index (χ4n) is 3.36. The van der Waals surface area contributed by atoms with Crippen molar-refractivity contribution in [2.45, 2.75) is 32.9 Å². The number of nitrogens with one attached hydrogen (secondary N) is 2. The lowest BCUT2D eigenvalue weighted by Crippen LogP contribution is -2.39. The molecule has 0 saturated heterocycles. The van der Waals surface area contributed by atoms with E-state index in [2.05, 4.69) is 39.9 Å². The molecule has 1 amide bonds. The van der Waals surface area contributed by atoms with Gasteiger partial charge >= 0.3 is 0 Å². The molecule has 0 fully saturated rings. The average molecular weight is 448 g/mol. The van der Waals surface area contributed by atoms with Crippen LogP contribution in [-0.4, -0.2) is 52.2 Å². The Labute approximate surface area is 195 Å². The summed E-state index contributed by atoms with van der Waals surface area (Å²) in [6.45, 7) is 5.12. The standard InChI is InChI=1S/C25H33N7O/c1-18(21-11-7-6-8-12-21)28-25(27-17-23-30-29-19(2)32(23)5)26-15-14-20-10-9-13-22(16-20)24(33)31(3)4/h6-13,16,18H,14-15,17H2,1-5H3,(H2,26,27,28). The first-order valence-corrected chi connectivity index (χ1v) is 11.1. The Balaban J connectivity index is 1.68. The van der Waals surface area contributed by atoms with Crippen molar-refractivity contribution in [3.63, 3.8) is 0 Å². The molecule has 3 aromatic rings. The third kappa shape index (κ3) is 6.65. The molecule has 8 nitrogen and oxygen atoms in total. The number of carbonyl (C=O) groups excluding carboxylic acids is 1. The predicted octanol–water partition coefficient (Wildman–Crippen LogP) is 2.86. The second-order valence-electron chi connectivity index (χ2n) is 8.24. The molecule has 0 aliphatic carbocycles. The molecule has 1 atom stereocenters. The predicted molar refractivity (Wildman–Crippen MR) is 131 cm³/mol. The van der Waals surface area contributed by atoms with Gasteiger partial charge in [0.15, 0.2) is 11.8 Å². The number of hydrogen-bond donors (Lipinski definition) is 2. The molecule has 174 valence electrons. The number of hydrogen-bond acceptors (Lipinski definition) is 4. The van der Waals surface area contributed by atoms with Crippen LogP contribution >= 0.6 is 0 Å². The van der Waals surface area contributed by atoms with Crippen molar-refractivity contribution in [1.29, 1.82) is 0 Å². The van der Waals surface area contributed by atoms with Gasteiger partial charge in [0.2, 0.25) is 0 Å². The van der Waals surface area contributed by atoms with Crippen LogP contribution in [-0.2, 0) is 20.0 Å². The van der Waals surface area contributed by atoms with E-state index in [-0.39, 0.29) is 11.9 Å². The van der Waals surface area contributed by atoms with E-state index in [4.69, 9.17) is 4.99 Å². The number of aliphatic imine (C=N–C) groups is 1. The first-order chi connectivity index (χ1) is 15.8. The van der Waals surface area contributed by atoms with Gasteiger partial charge in [-0.25, -0.2) is 4.99 Å². The Morgan fingerprint density at radius 3 is 2.55 bits per heavy atom. The zero-order valence-electron chi connectivity index (χ0n) is 20.0. The number of benzene rings is 2. The van der Waals surface area contributed by atoms with Crippen molar-refractivity contribution in [2.24, 2.45) is 12.0 Å². The smallest absolute Gasteiger partial charge is 0.253 e. The van der Waals surface area contributed by atoms with Gasteiger partial charge in [-0.05, 0) is 43.5 Å². The molecule has 33 heavy (non-hydrogen) atoms. The highest BCUT2D eigenvalue weighted by Gasteiger charge is 2.11. The van der Waals surface area contributed by atoms with Crippen LogP contribution in [0.5, 0.6) is 0 Å². The SMILES string of the molecule is Cc1nnc(CN=C(NCCc2cccc(C(=O)N(C)C)c2)NC(C)c2ccccc2)n1C. The van der Waals surface area contributed by atoms with Crippen molar-refractivity contribution in [3.8, 4) is 0 Å². The van der Waals surface area contributed by atoms with Gasteiger partial charge in [-0.15, -0.1) is 10.2 Å². The van der Waals surface area contributed by atoms with Crippen LogP contribution in [0.2, 0.25) is 0 Å². The van der Waals surface area contributed by atoms with Gasteiger partial charge in [0, 0.05) is 33.3 Å². The van der Waals surface area contributed by atoms with Gasteiger partial charge in [0.1, 0.15) is 12.4 Å². The van der Waals surface area contributed by atoms with Crippen LogP contribution < -0.4 is 10.6 Å². The monoisotopic (exact) mass is 447 g/mol. The Kier molecular flexibility index (Phi) is 8.18. The molecule has 1 aromatic heterocycles. The molecule has 0 radical (unpaired) electrons. The van der Waals surface area contributed by atoms with E-state index in [1.54, 1.807) is 19.0 Å². The zero-order chi connectivity index (χ0) is 23.8. The summed E-state index contributed by atoms with van der Waals surface area (Å²) in [5.74, 6) is 2.36. The van der Waals surface area contributed by atoms with E-state index in [1.807, 2.05) is 61.0 Å². The van der Waals surface area contributed by atoms with E-state index in [0.29, 0.717) is 24.6 Å². The van der Waals surface area contributed by atoms with Gasteiger partial charge in [-0.3, -0.25) is 4.79 Å². The summed E-state index contributed by atoms with van der Waals surface area (Å²) < 4.78 is 1.94. The summed E-state index contributed by atoms with van der Waals surface area (Å²) in [6, 6.07) is 18.1. The molecule has 0 aliphatic heterocycles. The van der Waals surface area contributed by atoms with Crippen LogP contribution in [0.15, 0.2) is 59.6 Å². The Hall–Kier alpha value is -3.68. The normalized spacial score (nSPS) is 12.3. The Bertz CT molecular complexity index is 1090. The van der Waals surface area contributed by atoms with Gasteiger partial charge in [-0.2, -0.15) is 0 Å². The molecular weight excluding hydrogens is 414 g/mol. The molecule has 3 rings (SSSR count). The Morgan fingerprint density at radius 1 is 1.12 bits per heavy atom. The summed E-state index contributed by atoms with van der Waals surface area (Å²) in [6.07, 6.45) is 0.762. The number of aryl methyl sites for hydroxylation is 1. The number of nitrogens with zero attached hydrogens (tertiary/aromatic N) is 5. The first-order valence-electron chi connectivity index (χ1n) is 11.1. The molecule has 0 aliphatic rings. The second-order valence-corrected chi connectivity index (χ2v) is 8.24. The second kappa shape index (κ2) is 11.3. The minimum absolute atomic E-state index is 0.00406. The lowest BCUT2D eigenvalue weighted by atomic mass is 10.1. The first kappa shape index (κ1) is 24.0. The van der Waals surface area contributed by atoms with Crippen LogP contribution in [0, 0.1) is 6.92 Å². The van der Waals surface area contributed by atoms with Crippen molar-refractivity contribution in [1.82, 2.24) is 30.3 Å². The topological polar surface area (TPSA) is 87.4 Å². The summed E-state index contributed by atoms with van der Waals surface area (Å²) in [5, 5.41) is 15.2. The minimum Gasteiger partial charge on any atom is -0.356 e. The van der Waals surface area contributed by atoms with Crippen LogP contribution in [0.3, 0.4) is 0 Å². The third-order valence-electron chi connectivity index (χ3n) is 5.50. The van der Waals surface area contributed by atoms with Crippen molar-refractivity contribution < 1.29 is 4.79 Å². The molecule has 8 heteroatoms. The van der Waals surface area contributed by atoms with E-state index in [0.717, 1.165) is 23.6 Å². The van der Waals surface area contributed by atoms with Gasteiger partial charge in [-0.1, -0.05) is 42.5 Å². The quantitative estimate of drug-likeness (QED) is 0.410. The average Bonchev–Trinajstić information content (AvgIpc) is 3.14. The number of aromatic nitrogens is 3. The molecule has 2 N–H and O–H groups in total. The third-order valence-corrected chi connectivity index (χ3v) is 5.50. The van der Waals surface area contributed by atoms with Crippen molar-refractivity contribution in [2.75, 3.05) is 20.6 Å². The number of amides is 1. The van der Waals surface area contributed by atoms with E-state index in [1.165, 1.54) is 5.56 Å². The molecule has 0 bridgehead atoms. The largest absolute Gasteiger partial charge is 0.356 e. The lowest BCUT2D eigenvalue weighted by Gasteiger charge is -2.19. The highest BCUT2D eigenvalue weighted by atomic mass is 16.2. The van der Waals surface area contributed by atoms with Crippen LogP contribution in [0.4, 0.5) is 0 Å². The highest BCUT2D eigenvalue weighted by Crippen LogP contribution is 2.11. The minimum atomic E-state index is 0.00406. The zero-order valence-corrected chi connectivity index (χ0v) is 20.0. The molecule has 0 saturated carbocycles. The van der Waals surface area contributed by atoms with E-state index >= 15 is 0 Å². The van der Waals surface area contributed by atoms with Gasteiger partial charge in [0.05, 0.1) is 6.04 Å². The molecule has 1 unspecified atom stereocenters. The molecule has 2 aromatic carbocycles. The maximum Gasteiger partial charge on any atom is 0.253 e. The van der Waals surface area contributed by atoms with E-state index < -0.39 is 0 Å². The van der Waals surface area contributed by atoms with Crippen molar-refractivity contribution in [3.05, 3.63) is 82.9 Å². The summed E-state index contributed by atoms with van der Waals surface area (Å²) >= 11 is 0. The molecule has 0 spiro atoms. The Morgan fingerprint density at radius 2 is 1.88 bits per heavy atom. The van der Waals surface area contributed by atoms with Crippen LogP contribution in [0.1, 0.15) is 46.1 Å². The maximum absolute atomic E-state index is 12.3.